The number of methoxy groups -OCH3 is 1. The molecule has 1 saturated carbocycles. The molecule has 0 unspecified atom stereocenters. The van der Waals surface area contributed by atoms with Crippen molar-refractivity contribution in [2.24, 2.45) is 10.9 Å². The van der Waals surface area contributed by atoms with Gasteiger partial charge in [0.25, 0.3) is 5.91 Å². The van der Waals surface area contributed by atoms with E-state index >= 15 is 0 Å². The standard InChI is InChI=1S/C22H29N3O4S/c1-29-19-10-6-5-7-17(19)11-16-30(27,28)25-14-12-22(13-15-25)21(26)23-20(24-22)18-8-3-2-4-9-18/h5-7,10-11,16,18H,2-4,8-9,12-15H2,1H3,(H,23,24,26). The number of aliphatic imine (C=N–C) groups is 1. The number of rotatable bonds is 5. The average Bonchev–Trinajstić information content (AvgIpc) is 3.09. The molecule has 1 aromatic carbocycles. The first-order chi connectivity index (χ1) is 14.4. The number of hydrogen-bond donors (Lipinski definition) is 1. The van der Waals surface area contributed by atoms with Gasteiger partial charge in [-0.1, -0.05) is 37.5 Å². The number of sulfonamides is 1. The molecule has 0 bridgehead atoms. The molecule has 30 heavy (non-hydrogen) atoms. The fourth-order valence-electron chi connectivity index (χ4n) is 4.61. The van der Waals surface area contributed by atoms with Crippen LogP contribution in [0, 0.1) is 5.92 Å². The summed E-state index contributed by atoms with van der Waals surface area (Å²) in [6.45, 7) is 0.570. The molecule has 1 spiro atoms. The predicted octanol–water partition coefficient (Wildman–Crippen LogP) is 2.94. The Morgan fingerprint density at radius 1 is 1.17 bits per heavy atom. The first kappa shape index (κ1) is 21.1. The van der Waals surface area contributed by atoms with E-state index in [0.717, 1.165) is 18.7 Å². The molecule has 1 saturated heterocycles. The molecule has 2 heterocycles. The molecule has 2 fully saturated rings. The zero-order valence-corrected chi connectivity index (χ0v) is 18.2. The van der Waals surface area contributed by atoms with Crippen LogP contribution in [-0.4, -0.2) is 50.2 Å². The summed E-state index contributed by atoms with van der Waals surface area (Å²) in [5.41, 5.74) is -0.0977. The van der Waals surface area contributed by atoms with Crippen molar-refractivity contribution in [3.8, 4) is 5.75 Å². The Kier molecular flexibility index (Phi) is 5.97. The Balaban J connectivity index is 1.44. The SMILES string of the molecule is COc1ccccc1C=CS(=O)(=O)N1CCC2(CC1)N=C(C1CCCCC1)NC2=O. The fraction of sp³-hybridized carbons (Fsp3) is 0.545. The molecule has 8 heteroatoms. The topological polar surface area (TPSA) is 88.1 Å². The number of ether oxygens (including phenoxy) is 1. The molecule has 1 aromatic rings. The fourth-order valence-corrected chi connectivity index (χ4v) is 5.79. The zero-order chi connectivity index (χ0) is 21.2. The molecule has 0 radical (unpaired) electrons. The minimum Gasteiger partial charge on any atom is -0.496 e. The van der Waals surface area contributed by atoms with Crippen molar-refractivity contribution in [3.05, 3.63) is 35.2 Å². The van der Waals surface area contributed by atoms with Crippen LogP contribution < -0.4 is 10.1 Å². The predicted molar refractivity (Wildman–Crippen MR) is 117 cm³/mol. The third-order valence-electron chi connectivity index (χ3n) is 6.46. The van der Waals surface area contributed by atoms with E-state index in [4.69, 9.17) is 9.73 Å². The number of amides is 1. The van der Waals surface area contributed by atoms with Crippen LogP contribution in [0.2, 0.25) is 0 Å². The third-order valence-corrected chi connectivity index (χ3v) is 8.02. The monoisotopic (exact) mass is 431 g/mol. The van der Waals surface area contributed by atoms with Gasteiger partial charge in [-0.2, -0.15) is 4.31 Å². The Labute approximate surface area is 178 Å². The van der Waals surface area contributed by atoms with Gasteiger partial charge in [-0.3, -0.25) is 9.79 Å². The van der Waals surface area contributed by atoms with Crippen molar-refractivity contribution in [1.29, 1.82) is 0 Å². The summed E-state index contributed by atoms with van der Waals surface area (Å²) in [5, 5.41) is 4.23. The van der Waals surface area contributed by atoms with Gasteiger partial charge in [-0.15, -0.1) is 0 Å². The van der Waals surface area contributed by atoms with Gasteiger partial charge >= 0.3 is 0 Å². The highest BCUT2D eigenvalue weighted by atomic mass is 32.2. The molecule has 1 N–H and O–H groups in total. The minimum absolute atomic E-state index is 0.0651. The van der Waals surface area contributed by atoms with E-state index in [2.05, 4.69) is 5.32 Å². The van der Waals surface area contributed by atoms with Gasteiger partial charge in [0.05, 0.1) is 7.11 Å². The van der Waals surface area contributed by atoms with Crippen LogP contribution in [0.3, 0.4) is 0 Å². The largest absolute Gasteiger partial charge is 0.496 e. The Bertz CT molecular complexity index is 956. The van der Waals surface area contributed by atoms with E-state index in [9.17, 15) is 13.2 Å². The van der Waals surface area contributed by atoms with E-state index < -0.39 is 15.6 Å². The van der Waals surface area contributed by atoms with Crippen molar-refractivity contribution >= 4 is 27.8 Å². The van der Waals surface area contributed by atoms with Gasteiger partial charge in [-0.05, 0) is 37.8 Å². The normalized spacial score (nSPS) is 23.0. The van der Waals surface area contributed by atoms with Gasteiger partial charge in [0.15, 0.2) is 0 Å². The van der Waals surface area contributed by atoms with E-state index in [0.29, 0.717) is 30.1 Å². The lowest BCUT2D eigenvalue weighted by molar-refractivity contribution is -0.124. The van der Waals surface area contributed by atoms with Crippen LogP contribution in [0.5, 0.6) is 5.75 Å². The van der Waals surface area contributed by atoms with E-state index in [-0.39, 0.29) is 19.0 Å². The summed E-state index contributed by atoms with van der Waals surface area (Å²) >= 11 is 0. The lowest BCUT2D eigenvalue weighted by atomic mass is 9.88. The molecule has 0 aromatic heterocycles. The molecule has 7 nitrogen and oxygen atoms in total. The van der Waals surface area contributed by atoms with Crippen molar-refractivity contribution in [3.63, 3.8) is 0 Å². The molecule has 1 amide bonds. The first-order valence-electron chi connectivity index (χ1n) is 10.7. The second kappa shape index (κ2) is 8.51. The number of carbonyl (C=O) groups is 1. The molecule has 2 aliphatic heterocycles. The highest BCUT2D eigenvalue weighted by Gasteiger charge is 2.48. The number of amidine groups is 1. The smallest absolute Gasteiger partial charge is 0.253 e. The summed E-state index contributed by atoms with van der Waals surface area (Å²) in [6, 6.07) is 7.27. The lowest BCUT2D eigenvalue weighted by Crippen LogP contribution is -2.50. The van der Waals surface area contributed by atoms with Gasteiger partial charge in [0, 0.05) is 30.0 Å². The van der Waals surface area contributed by atoms with Crippen LogP contribution in [0.25, 0.3) is 6.08 Å². The van der Waals surface area contributed by atoms with Crippen molar-refractivity contribution < 1.29 is 17.9 Å². The summed E-state index contributed by atoms with van der Waals surface area (Å²) in [4.78, 5) is 17.5. The molecule has 4 rings (SSSR count). The molecule has 162 valence electrons. The van der Waals surface area contributed by atoms with Crippen LogP contribution in [0.15, 0.2) is 34.7 Å². The quantitative estimate of drug-likeness (QED) is 0.776. The number of nitrogens with one attached hydrogen (secondary N) is 1. The number of para-hydroxylation sites is 1. The van der Waals surface area contributed by atoms with E-state index in [1.54, 1.807) is 25.3 Å². The number of nitrogens with zero attached hydrogens (tertiary/aromatic N) is 2. The van der Waals surface area contributed by atoms with Crippen LogP contribution in [0.4, 0.5) is 0 Å². The van der Waals surface area contributed by atoms with Crippen molar-refractivity contribution in [2.75, 3.05) is 20.2 Å². The Hall–Kier alpha value is -2.19. The van der Waals surface area contributed by atoms with Crippen LogP contribution in [0.1, 0.15) is 50.5 Å². The Morgan fingerprint density at radius 2 is 1.87 bits per heavy atom. The number of piperidine rings is 1. The highest BCUT2D eigenvalue weighted by molar-refractivity contribution is 7.92. The third kappa shape index (κ3) is 4.16. The van der Waals surface area contributed by atoms with Crippen LogP contribution >= 0.6 is 0 Å². The van der Waals surface area contributed by atoms with Gasteiger partial charge in [0.1, 0.15) is 17.1 Å². The van der Waals surface area contributed by atoms with Crippen LogP contribution in [-0.2, 0) is 14.8 Å². The number of hydrogen-bond acceptors (Lipinski definition) is 5. The molecule has 1 aliphatic carbocycles. The maximum Gasteiger partial charge on any atom is 0.253 e. The molecular formula is C22H29N3O4S. The highest BCUT2D eigenvalue weighted by Crippen LogP contribution is 2.35. The maximum atomic E-state index is 12.8. The summed E-state index contributed by atoms with van der Waals surface area (Å²) < 4.78 is 32.3. The van der Waals surface area contributed by atoms with Gasteiger partial charge < -0.3 is 10.1 Å². The first-order valence-corrected chi connectivity index (χ1v) is 12.2. The Morgan fingerprint density at radius 3 is 2.57 bits per heavy atom. The van der Waals surface area contributed by atoms with E-state index in [1.165, 1.54) is 29.0 Å². The second-order valence-corrected chi connectivity index (χ2v) is 10.1. The number of carbonyl (C=O) groups excluding carboxylic acids is 1. The van der Waals surface area contributed by atoms with Gasteiger partial charge in [-0.25, -0.2) is 8.42 Å². The molecular weight excluding hydrogens is 402 g/mol. The lowest BCUT2D eigenvalue weighted by Gasteiger charge is -2.34. The minimum atomic E-state index is -3.59. The van der Waals surface area contributed by atoms with Gasteiger partial charge in [0.2, 0.25) is 10.0 Å². The summed E-state index contributed by atoms with van der Waals surface area (Å²) in [5.74, 6) is 1.72. The van der Waals surface area contributed by atoms with Crippen molar-refractivity contribution in [1.82, 2.24) is 9.62 Å². The second-order valence-electron chi connectivity index (χ2n) is 8.31. The zero-order valence-electron chi connectivity index (χ0n) is 17.3. The maximum absolute atomic E-state index is 12.8. The number of benzene rings is 1. The summed E-state index contributed by atoms with van der Waals surface area (Å²) in [7, 11) is -2.03. The van der Waals surface area contributed by atoms with Crippen molar-refractivity contribution in [2.45, 2.75) is 50.5 Å². The molecule has 0 atom stereocenters. The average molecular weight is 432 g/mol. The summed E-state index contributed by atoms with van der Waals surface area (Å²) in [6.07, 6.45) is 8.13. The molecule has 3 aliphatic rings. The van der Waals surface area contributed by atoms with E-state index in [1.807, 2.05) is 12.1 Å².